The third-order valence-corrected chi connectivity index (χ3v) is 3.37. The van der Waals surface area contributed by atoms with Crippen molar-refractivity contribution in [3.05, 3.63) is 35.7 Å². The van der Waals surface area contributed by atoms with Crippen molar-refractivity contribution >= 4 is 0 Å². The van der Waals surface area contributed by atoms with Gasteiger partial charge >= 0.3 is 0 Å². The first-order valence-electron chi connectivity index (χ1n) is 7.34. The highest BCUT2D eigenvalue weighted by Gasteiger charge is 2.16. The van der Waals surface area contributed by atoms with Crippen molar-refractivity contribution in [1.82, 2.24) is 20.0 Å². The molecule has 0 spiro atoms. The zero-order valence-corrected chi connectivity index (χ0v) is 12.8. The third-order valence-electron chi connectivity index (χ3n) is 3.37. The predicted molar refractivity (Wildman–Crippen MR) is 78.5 cm³/mol. The average Bonchev–Trinajstić information content (AvgIpc) is 3.05. The van der Waals surface area contributed by atoms with Crippen LogP contribution in [-0.4, -0.2) is 21.3 Å². The first kappa shape index (κ1) is 14.8. The van der Waals surface area contributed by atoms with E-state index in [1.54, 1.807) is 0 Å². The van der Waals surface area contributed by atoms with E-state index in [0.29, 0.717) is 24.4 Å². The number of hydrogen-bond acceptors (Lipinski definition) is 4. The molecule has 110 valence electrons. The number of nitrogens with zero attached hydrogens (tertiary/aromatic N) is 3. The van der Waals surface area contributed by atoms with Crippen LogP contribution >= 0.6 is 0 Å². The number of nitrogens with one attached hydrogen (secondary N) is 1. The quantitative estimate of drug-likeness (QED) is 0.845. The Bertz CT molecular complexity index is 529. The van der Waals surface area contributed by atoms with Gasteiger partial charge in [0.2, 0.25) is 5.89 Å². The van der Waals surface area contributed by atoms with Crippen LogP contribution in [0.15, 0.2) is 23.0 Å². The number of aromatic nitrogens is 3. The molecule has 20 heavy (non-hydrogen) atoms. The lowest BCUT2D eigenvalue weighted by Crippen LogP contribution is -2.25. The summed E-state index contributed by atoms with van der Waals surface area (Å²) in [5.41, 5.74) is 1.30. The minimum absolute atomic E-state index is 0.384. The van der Waals surface area contributed by atoms with E-state index < -0.39 is 0 Å². The van der Waals surface area contributed by atoms with Crippen molar-refractivity contribution < 1.29 is 4.52 Å². The van der Waals surface area contributed by atoms with E-state index in [0.717, 1.165) is 18.8 Å². The highest BCUT2D eigenvalue weighted by molar-refractivity contribution is 5.16. The molecule has 1 unspecified atom stereocenters. The van der Waals surface area contributed by atoms with Gasteiger partial charge in [-0.15, -0.1) is 0 Å². The topological polar surface area (TPSA) is 55.9 Å². The summed E-state index contributed by atoms with van der Waals surface area (Å²) >= 11 is 0. The summed E-state index contributed by atoms with van der Waals surface area (Å²) < 4.78 is 7.32. The van der Waals surface area contributed by atoms with E-state index in [1.165, 1.54) is 5.56 Å². The number of aryl methyl sites for hydroxylation is 1. The Morgan fingerprint density at radius 1 is 1.35 bits per heavy atom. The largest absolute Gasteiger partial charge is 0.345 e. The summed E-state index contributed by atoms with van der Waals surface area (Å²) in [5.74, 6) is 1.98. The van der Waals surface area contributed by atoms with E-state index in [1.807, 2.05) is 6.92 Å². The highest BCUT2D eigenvalue weighted by atomic mass is 16.5. The zero-order valence-electron chi connectivity index (χ0n) is 12.8. The molecule has 0 aliphatic heterocycles. The van der Waals surface area contributed by atoms with Crippen molar-refractivity contribution in [3.8, 4) is 0 Å². The fraction of sp³-hybridized carbons (Fsp3) is 0.600. The Morgan fingerprint density at radius 3 is 2.75 bits per heavy atom. The smallest absolute Gasteiger partial charge is 0.246 e. The molecular weight excluding hydrogens is 252 g/mol. The van der Waals surface area contributed by atoms with Crippen LogP contribution in [0.2, 0.25) is 0 Å². The maximum absolute atomic E-state index is 5.23. The minimum Gasteiger partial charge on any atom is -0.345 e. The van der Waals surface area contributed by atoms with Gasteiger partial charge in [-0.2, -0.15) is 4.98 Å². The van der Waals surface area contributed by atoms with Crippen LogP contribution in [-0.2, 0) is 13.0 Å². The molecular formula is C15H24N4O. The highest BCUT2D eigenvalue weighted by Crippen LogP contribution is 2.22. The molecule has 0 fully saturated rings. The molecule has 5 nitrogen and oxygen atoms in total. The van der Waals surface area contributed by atoms with Crippen LogP contribution < -0.4 is 5.32 Å². The van der Waals surface area contributed by atoms with Crippen molar-refractivity contribution in [2.45, 2.75) is 46.7 Å². The molecule has 1 N–H and O–H groups in total. The second-order valence-corrected chi connectivity index (χ2v) is 5.35. The third kappa shape index (κ3) is 3.48. The second-order valence-electron chi connectivity index (χ2n) is 5.35. The first-order valence-corrected chi connectivity index (χ1v) is 7.34. The van der Waals surface area contributed by atoms with Gasteiger partial charge in [-0.3, -0.25) is 0 Å². The SMILES string of the molecule is CCNC(c1ccn(Cc2nc(CC)no2)c1)C(C)C. The molecule has 0 bridgehead atoms. The van der Waals surface area contributed by atoms with Crippen LogP contribution in [0.1, 0.15) is 51.0 Å². The monoisotopic (exact) mass is 276 g/mol. The van der Waals surface area contributed by atoms with Crippen LogP contribution in [0.4, 0.5) is 0 Å². The summed E-state index contributed by atoms with van der Waals surface area (Å²) in [6.45, 7) is 10.2. The van der Waals surface area contributed by atoms with Gasteiger partial charge in [-0.1, -0.05) is 32.9 Å². The van der Waals surface area contributed by atoms with E-state index in [4.69, 9.17) is 4.52 Å². The molecule has 1 atom stereocenters. The average molecular weight is 276 g/mol. The molecule has 0 amide bonds. The lowest BCUT2D eigenvalue weighted by Gasteiger charge is -2.20. The van der Waals surface area contributed by atoms with Gasteiger partial charge in [0, 0.05) is 24.9 Å². The molecule has 0 radical (unpaired) electrons. The summed E-state index contributed by atoms with van der Waals surface area (Å²) in [7, 11) is 0. The molecule has 5 heteroatoms. The molecule has 0 saturated heterocycles. The maximum Gasteiger partial charge on any atom is 0.246 e. The van der Waals surface area contributed by atoms with E-state index in [-0.39, 0.29) is 0 Å². The van der Waals surface area contributed by atoms with Crippen LogP contribution in [0.25, 0.3) is 0 Å². The van der Waals surface area contributed by atoms with Gasteiger partial charge in [0.1, 0.15) is 6.54 Å². The van der Waals surface area contributed by atoms with Gasteiger partial charge in [0.05, 0.1) is 0 Å². The van der Waals surface area contributed by atoms with Crippen molar-refractivity contribution in [2.75, 3.05) is 6.54 Å². The summed E-state index contributed by atoms with van der Waals surface area (Å²) in [5, 5.41) is 7.44. The second kappa shape index (κ2) is 6.70. The van der Waals surface area contributed by atoms with E-state index >= 15 is 0 Å². The summed E-state index contributed by atoms with van der Waals surface area (Å²) in [6.07, 6.45) is 5.03. The van der Waals surface area contributed by atoms with Crippen LogP contribution in [0.5, 0.6) is 0 Å². The predicted octanol–water partition coefficient (Wildman–Crippen LogP) is 2.79. The Labute approximate surface area is 120 Å². The van der Waals surface area contributed by atoms with Crippen LogP contribution in [0, 0.1) is 5.92 Å². The Kier molecular flexibility index (Phi) is 4.95. The normalized spacial score (nSPS) is 13.1. The Hall–Kier alpha value is -1.62. The van der Waals surface area contributed by atoms with Gasteiger partial charge in [0.15, 0.2) is 5.82 Å². The van der Waals surface area contributed by atoms with Crippen molar-refractivity contribution in [2.24, 2.45) is 5.92 Å². The van der Waals surface area contributed by atoms with E-state index in [2.05, 4.69) is 59.3 Å². The molecule has 2 rings (SSSR count). The van der Waals surface area contributed by atoms with Gasteiger partial charge in [-0.05, 0) is 24.1 Å². The fourth-order valence-electron chi connectivity index (χ4n) is 2.35. The molecule has 0 aliphatic rings. The van der Waals surface area contributed by atoms with Crippen molar-refractivity contribution in [3.63, 3.8) is 0 Å². The van der Waals surface area contributed by atoms with Crippen molar-refractivity contribution in [1.29, 1.82) is 0 Å². The number of hydrogen-bond donors (Lipinski definition) is 1. The molecule has 2 aromatic rings. The number of rotatable bonds is 7. The lowest BCUT2D eigenvalue weighted by molar-refractivity contribution is 0.366. The fourth-order valence-corrected chi connectivity index (χ4v) is 2.35. The summed E-state index contributed by atoms with van der Waals surface area (Å²) in [6, 6.07) is 2.54. The molecule has 2 aromatic heterocycles. The lowest BCUT2D eigenvalue weighted by atomic mass is 9.98. The Morgan fingerprint density at radius 2 is 2.15 bits per heavy atom. The Balaban J connectivity index is 2.07. The zero-order chi connectivity index (χ0) is 14.5. The van der Waals surface area contributed by atoms with Crippen LogP contribution in [0.3, 0.4) is 0 Å². The first-order chi connectivity index (χ1) is 9.63. The summed E-state index contributed by atoms with van der Waals surface area (Å²) in [4.78, 5) is 4.34. The molecule has 2 heterocycles. The minimum atomic E-state index is 0.384. The van der Waals surface area contributed by atoms with Gasteiger partial charge in [0.25, 0.3) is 0 Å². The van der Waals surface area contributed by atoms with Gasteiger partial charge < -0.3 is 14.4 Å². The molecule has 0 saturated carbocycles. The molecule has 0 aliphatic carbocycles. The molecule has 0 aromatic carbocycles. The standard InChI is InChI=1S/C15H24N4O/c1-5-13-17-14(20-18-13)10-19-8-7-12(9-19)15(11(3)4)16-6-2/h7-9,11,15-16H,5-6,10H2,1-4H3. The van der Waals surface area contributed by atoms with E-state index in [9.17, 15) is 0 Å². The van der Waals surface area contributed by atoms with Gasteiger partial charge in [-0.25, -0.2) is 0 Å². The maximum atomic E-state index is 5.23.